The molecule has 4 rings (SSSR count). The predicted molar refractivity (Wildman–Crippen MR) is 157 cm³/mol. The van der Waals surface area contributed by atoms with Gasteiger partial charge in [-0.15, -0.1) is 5.10 Å². The Morgan fingerprint density at radius 3 is 2.17 bits per heavy atom. The Balaban J connectivity index is 0.000000256. The monoisotopic (exact) mass is 702 g/mol. The smallest absolute Gasteiger partial charge is 0.445 e. The largest absolute Gasteiger partial charge is 0.459 e. The lowest BCUT2D eigenvalue weighted by Gasteiger charge is -2.26. The average Bonchev–Trinajstić information content (AvgIpc) is 3.46. The molecule has 0 bridgehead atoms. The average molecular weight is 703 g/mol. The Morgan fingerprint density at radius 1 is 1.09 bits per heavy atom. The highest BCUT2D eigenvalue weighted by atomic mass is 32.2. The number of hydrogen-bond donors (Lipinski definition) is 0. The number of nitro groups is 1. The predicted octanol–water partition coefficient (Wildman–Crippen LogP) is 4.64. The van der Waals surface area contributed by atoms with Crippen LogP contribution in [0.4, 0.5) is 28.9 Å². The first-order chi connectivity index (χ1) is 21.8. The Kier molecular flexibility index (Phi) is 11.6. The van der Waals surface area contributed by atoms with Crippen LogP contribution < -0.4 is 9.64 Å². The fourth-order valence-electron chi connectivity index (χ4n) is 4.36. The molecule has 0 atom stereocenters. The molecule has 47 heavy (non-hydrogen) atoms. The second-order valence-corrected chi connectivity index (χ2v) is 13.2. The van der Waals surface area contributed by atoms with Crippen molar-refractivity contribution >= 4 is 55.8 Å². The summed E-state index contributed by atoms with van der Waals surface area (Å²) in [5.41, 5.74) is -0.714. The third-order valence-corrected chi connectivity index (χ3v) is 8.46. The standard InChI is InChI=1S/C14H13F4N3O2S.C14H13NO7S/c1-8(2)21(10-5-3-9(15)4-6-10)11(22)7-23-13-20-19-12(24-13)14(16,17)18;1-23(21,22)8-5-6-9(10(7-8)15(19)20)14(18)13-11(16)3-2-4-12(13)17/h3-6,8H,7H2,1-2H3;5-7,13H,2-4H2,1H3. The summed E-state index contributed by atoms with van der Waals surface area (Å²) < 4.78 is 78.2. The first kappa shape index (κ1) is 36.8. The molecule has 0 aliphatic heterocycles. The number of Topliss-reactive ketones (excluding diaryl/α,β-unsaturated/α-hetero) is 3. The second-order valence-electron chi connectivity index (χ2n) is 10.3. The van der Waals surface area contributed by atoms with E-state index in [2.05, 4.69) is 10.2 Å². The molecule has 1 aromatic heterocycles. The number of benzene rings is 2. The second kappa shape index (κ2) is 14.8. The van der Waals surface area contributed by atoms with E-state index in [1.165, 1.54) is 29.2 Å². The highest BCUT2D eigenvalue weighted by Gasteiger charge is 2.39. The number of hydrogen-bond acceptors (Lipinski definition) is 12. The van der Waals surface area contributed by atoms with Gasteiger partial charge in [-0.05, 0) is 56.7 Å². The van der Waals surface area contributed by atoms with Gasteiger partial charge in [0.05, 0.1) is 15.4 Å². The highest BCUT2D eigenvalue weighted by Crippen LogP contribution is 2.34. The molecule has 1 heterocycles. The molecule has 3 aromatic rings. The zero-order valence-corrected chi connectivity index (χ0v) is 26.4. The van der Waals surface area contributed by atoms with Crippen LogP contribution in [-0.2, 0) is 30.4 Å². The maximum atomic E-state index is 13.0. The Labute approximate surface area is 268 Å². The van der Waals surface area contributed by atoms with Crippen molar-refractivity contribution in [2.24, 2.45) is 5.92 Å². The van der Waals surface area contributed by atoms with Crippen LogP contribution in [0.5, 0.6) is 5.19 Å². The van der Waals surface area contributed by atoms with Crippen LogP contribution in [0, 0.1) is 21.8 Å². The summed E-state index contributed by atoms with van der Waals surface area (Å²) in [6.45, 7) is 2.98. The van der Waals surface area contributed by atoms with Gasteiger partial charge in [0.2, 0.25) is 5.01 Å². The quantitative estimate of drug-likeness (QED) is 0.0996. The Morgan fingerprint density at radius 2 is 1.68 bits per heavy atom. The number of nitro benzene ring substituents is 1. The summed E-state index contributed by atoms with van der Waals surface area (Å²) in [7, 11) is -3.70. The fourth-order valence-corrected chi connectivity index (χ4v) is 5.57. The summed E-state index contributed by atoms with van der Waals surface area (Å²) in [6, 6.07) is 7.81. The van der Waals surface area contributed by atoms with Crippen LogP contribution in [0.2, 0.25) is 0 Å². The SMILES string of the molecule is CC(C)N(C(=O)COc1nnc(C(F)(F)F)s1)c1ccc(F)cc1.CS(=O)(=O)c1ccc(C(=O)C2C(=O)CCCC2=O)c([N+](=O)[O-])c1. The number of ether oxygens (including phenoxy) is 1. The van der Waals surface area contributed by atoms with Crippen LogP contribution in [0.25, 0.3) is 0 Å². The number of carbonyl (C=O) groups excluding carboxylic acids is 4. The van der Waals surface area contributed by atoms with Crippen LogP contribution in [0.15, 0.2) is 47.4 Å². The summed E-state index contributed by atoms with van der Waals surface area (Å²) in [5.74, 6) is -4.56. The van der Waals surface area contributed by atoms with Gasteiger partial charge < -0.3 is 9.64 Å². The summed E-state index contributed by atoms with van der Waals surface area (Å²) >= 11 is 0.210. The zero-order valence-electron chi connectivity index (χ0n) is 24.8. The minimum absolute atomic E-state index is 0.0668. The van der Waals surface area contributed by atoms with E-state index in [1.807, 2.05) is 0 Å². The van der Waals surface area contributed by atoms with E-state index >= 15 is 0 Å². The van der Waals surface area contributed by atoms with E-state index in [4.69, 9.17) is 4.74 Å². The lowest BCUT2D eigenvalue weighted by Crippen LogP contribution is -2.40. The molecule has 0 unspecified atom stereocenters. The van der Waals surface area contributed by atoms with Crippen molar-refractivity contribution in [3.05, 3.63) is 69.0 Å². The van der Waals surface area contributed by atoms with Crippen LogP contribution >= 0.6 is 11.3 Å². The highest BCUT2D eigenvalue weighted by molar-refractivity contribution is 7.90. The fraction of sp³-hybridized carbons (Fsp3) is 0.357. The third-order valence-electron chi connectivity index (χ3n) is 6.47. The van der Waals surface area contributed by atoms with Gasteiger partial charge >= 0.3 is 6.18 Å². The minimum atomic E-state index is -4.61. The molecular weight excluding hydrogens is 676 g/mol. The van der Waals surface area contributed by atoms with Gasteiger partial charge in [-0.2, -0.15) is 13.2 Å². The van der Waals surface area contributed by atoms with Gasteiger partial charge in [0.15, 0.2) is 33.8 Å². The van der Waals surface area contributed by atoms with Crippen LogP contribution in [0.1, 0.15) is 48.5 Å². The van der Waals surface area contributed by atoms with Crippen molar-refractivity contribution in [3.8, 4) is 5.19 Å². The van der Waals surface area contributed by atoms with Crippen molar-refractivity contribution < 1.29 is 54.8 Å². The zero-order chi connectivity index (χ0) is 35.3. The number of aromatic nitrogens is 2. The molecule has 1 saturated carbocycles. The van der Waals surface area contributed by atoms with E-state index in [1.54, 1.807) is 13.8 Å². The molecule has 1 amide bonds. The number of sulfone groups is 1. The Bertz CT molecular complexity index is 1780. The summed E-state index contributed by atoms with van der Waals surface area (Å²) in [6.07, 6.45) is -3.24. The van der Waals surface area contributed by atoms with E-state index in [-0.39, 0.29) is 40.3 Å². The number of nitrogens with zero attached hydrogens (tertiary/aromatic N) is 4. The molecule has 252 valence electrons. The molecule has 1 aliphatic rings. The van der Waals surface area contributed by atoms with Crippen molar-refractivity contribution in [2.45, 2.75) is 50.2 Å². The maximum Gasteiger partial charge on any atom is 0.445 e. The number of halogens is 4. The van der Waals surface area contributed by atoms with Crippen molar-refractivity contribution in [1.82, 2.24) is 10.2 Å². The third kappa shape index (κ3) is 9.44. The van der Waals surface area contributed by atoms with Gasteiger partial charge in [-0.25, -0.2) is 12.8 Å². The van der Waals surface area contributed by atoms with Crippen molar-refractivity contribution in [3.63, 3.8) is 0 Å². The number of ketones is 3. The number of carbonyl (C=O) groups is 4. The topological polar surface area (TPSA) is 184 Å². The molecule has 13 nitrogen and oxygen atoms in total. The number of amides is 1. The van der Waals surface area contributed by atoms with Crippen molar-refractivity contribution in [1.29, 1.82) is 0 Å². The molecule has 0 saturated heterocycles. The summed E-state index contributed by atoms with van der Waals surface area (Å²) in [4.78, 5) is 59.6. The Hall–Kier alpha value is -4.65. The maximum absolute atomic E-state index is 13.0. The van der Waals surface area contributed by atoms with Gasteiger partial charge in [0.25, 0.3) is 16.8 Å². The lowest BCUT2D eigenvalue weighted by atomic mass is 9.81. The molecular formula is C28H26F4N4O9S2. The van der Waals surface area contributed by atoms with Crippen LogP contribution in [0.3, 0.4) is 0 Å². The molecule has 0 radical (unpaired) electrons. The van der Waals surface area contributed by atoms with Gasteiger partial charge in [0.1, 0.15) is 11.7 Å². The number of alkyl halides is 3. The normalized spacial score (nSPS) is 14.0. The van der Waals surface area contributed by atoms with Gasteiger partial charge in [-0.1, -0.05) is 16.4 Å². The lowest BCUT2D eigenvalue weighted by molar-refractivity contribution is -0.385. The number of rotatable bonds is 9. The first-order valence-corrected chi connectivity index (χ1v) is 16.2. The van der Waals surface area contributed by atoms with E-state index in [0.717, 1.165) is 24.5 Å². The molecule has 1 fully saturated rings. The van der Waals surface area contributed by atoms with Crippen LogP contribution in [-0.4, -0.2) is 65.7 Å². The minimum Gasteiger partial charge on any atom is -0.459 e. The van der Waals surface area contributed by atoms with E-state index < -0.39 is 78.8 Å². The molecule has 0 N–H and O–H groups in total. The summed E-state index contributed by atoms with van der Waals surface area (Å²) in [5, 5.41) is 15.9. The molecule has 2 aromatic carbocycles. The molecule has 1 aliphatic carbocycles. The van der Waals surface area contributed by atoms with Gasteiger partial charge in [0, 0.05) is 36.9 Å². The van der Waals surface area contributed by atoms with Crippen molar-refractivity contribution in [2.75, 3.05) is 17.8 Å². The van der Waals surface area contributed by atoms with E-state index in [0.29, 0.717) is 12.1 Å². The van der Waals surface area contributed by atoms with Gasteiger partial charge in [-0.3, -0.25) is 29.3 Å². The number of anilines is 1. The first-order valence-electron chi connectivity index (χ1n) is 13.5. The molecule has 19 heteroatoms. The molecule has 0 spiro atoms. The van der Waals surface area contributed by atoms with E-state index in [9.17, 15) is 55.3 Å².